The molecule has 0 saturated carbocycles. The van der Waals surface area contributed by atoms with Gasteiger partial charge in [-0.25, -0.2) is 0 Å². The van der Waals surface area contributed by atoms with Gasteiger partial charge in [0.1, 0.15) is 12.3 Å². The number of para-hydroxylation sites is 2. The van der Waals surface area contributed by atoms with Gasteiger partial charge in [0.05, 0.1) is 16.0 Å². The molecule has 2 aromatic carbocycles. The number of benzene rings is 2. The van der Waals surface area contributed by atoms with Crippen molar-refractivity contribution in [3.05, 3.63) is 89.7 Å². The third-order valence-corrected chi connectivity index (χ3v) is 4.86. The van der Waals surface area contributed by atoms with E-state index in [2.05, 4.69) is 88.2 Å². The molecule has 0 aliphatic heterocycles. The van der Waals surface area contributed by atoms with Crippen LogP contribution in [-0.4, -0.2) is 0 Å². The van der Waals surface area contributed by atoms with Gasteiger partial charge in [-0.1, -0.05) is 24.3 Å². The molecule has 1 aliphatic carbocycles. The van der Waals surface area contributed by atoms with E-state index in [1.807, 2.05) is 4.24 Å². The first-order valence-corrected chi connectivity index (χ1v) is 8.32. The minimum absolute atomic E-state index is 1.16. The second-order valence-electron chi connectivity index (χ2n) is 6.61. The summed E-state index contributed by atoms with van der Waals surface area (Å²) in [5.41, 5.74) is 6.29. The van der Waals surface area contributed by atoms with Gasteiger partial charge in [0.2, 0.25) is 11.0 Å². The van der Waals surface area contributed by atoms with E-state index in [9.17, 15) is 0 Å². The highest BCUT2D eigenvalue weighted by Crippen LogP contribution is 2.31. The van der Waals surface area contributed by atoms with E-state index < -0.39 is 0 Å². The van der Waals surface area contributed by atoms with Gasteiger partial charge in [-0.2, -0.15) is 4.24 Å². The molecule has 0 atom stereocenters. The summed E-state index contributed by atoms with van der Waals surface area (Å²) >= 11 is 0. The second-order valence-corrected chi connectivity index (χ2v) is 6.61. The lowest BCUT2D eigenvalue weighted by Crippen LogP contribution is -2.25. The van der Waals surface area contributed by atoms with E-state index in [-0.39, 0.29) is 0 Å². The van der Waals surface area contributed by atoms with Gasteiger partial charge in [-0.3, -0.25) is 0 Å². The molecule has 1 heterocycles. The third kappa shape index (κ3) is 2.09. The Morgan fingerprint density at radius 3 is 1.96 bits per heavy atom. The van der Waals surface area contributed by atoms with Gasteiger partial charge < -0.3 is 0 Å². The van der Waals surface area contributed by atoms with E-state index in [4.69, 9.17) is 0 Å². The number of aromatic nitrogens is 1. The smallest absolute Gasteiger partial charge is 0.165 e. The maximum absolute atomic E-state index is 4.29. The number of hydrogen-bond donors (Lipinski definition) is 0. The Bertz CT molecular complexity index is 1080. The van der Waals surface area contributed by atoms with Crippen LogP contribution in [0.5, 0.6) is 0 Å². The summed E-state index contributed by atoms with van der Waals surface area (Å²) in [4.78, 5) is 0. The fraction of sp³-hybridized carbons (Fsp3) is 0.130. The first-order chi connectivity index (χ1) is 11.6. The van der Waals surface area contributed by atoms with Crippen molar-refractivity contribution in [2.75, 3.05) is 0 Å². The highest BCUT2D eigenvalue weighted by molar-refractivity contribution is 5.96. The van der Waals surface area contributed by atoms with Crippen LogP contribution < -0.4 is 9.46 Å². The predicted molar refractivity (Wildman–Crippen MR) is 102 cm³/mol. The molecule has 1 nitrogen and oxygen atoms in total. The molecule has 0 radical (unpaired) electrons. The van der Waals surface area contributed by atoms with E-state index >= 15 is 0 Å². The molecule has 24 heavy (non-hydrogen) atoms. The zero-order valence-electron chi connectivity index (χ0n) is 14.4. The van der Waals surface area contributed by atoms with Gasteiger partial charge in [-0.15, -0.1) is 0 Å². The zero-order valence-corrected chi connectivity index (χ0v) is 14.4. The predicted octanol–water partition coefficient (Wildman–Crippen LogP) is 4.57. The number of hydrogen-bond acceptors (Lipinski definition) is 0. The van der Waals surface area contributed by atoms with Crippen LogP contribution in [0.3, 0.4) is 0 Å². The van der Waals surface area contributed by atoms with Crippen molar-refractivity contribution in [2.24, 2.45) is 0 Å². The fourth-order valence-corrected chi connectivity index (χ4v) is 3.96. The molecule has 4 rings (SSSR count). The van der Waals surface area contributed by atoms with Crippen molar-refractivity contribution in [3.8, 4) is 0 Å². The number of rotatable bonds is 0. The maximum Gasteiger partial charge on any atom is 0.228 e. The van der Waals surface area contributed by atoms with Gasteiger partial charge in [0.25, 0.3) is 0 Å². The quantitative estimate of drug-likeness (QED) is 0.326. The van der Waals surface area contributed by atoms with Crippen molar-refractivity contribution in [3.63, 3.8) is 0 Å². The van der Waals surface area contributed by atoms with Crippen LogP contribution in [-0.2, 0) is 0 Å². The van der Waals surface area contributed by atoms with Crippen molar-refractivity contribution < 1.29 is 4.24 Å². The standard InChI is InChI=1S/C23H21N/c1-15-13-16(2)22(17(3)14-15)23-18-9-5-7-11-20(18)24(4)21-12-8-6-10-19(21)23/h5-14H,4H2,1-3H3/q+2. The summed E-state index contributed by atoms with van der Waals surface area (Å²) in [6.07, 6.45) is 4.55. The van der Waals surface area contributed by atoms with Crippen molar-refractivity contribution >= 4 is 27.4 Å². The Hall–Kier alpha value is -2.80. The van der Waals surface area contributed by atoms with E-state index in [1.165, 1.54) is 38.6 Å². The van der Waals surface area contributed by atoms with Crippen molar-refractivity contribution in [1.29, 1.82) is 0 Å². The summed E-state index contributed by atoms with van der Waals surface area (Å²) in [6.45, 7) is 10.9. The Kier molecular flexibility index (Phi) is 3.31. The van der Waals surface area contributed by atoms with E-state index in [0.717, 1.165) is 11.0 Å². The maximum atomic E-state index is 4.29. The molecule has 1 heteroatoms. The molecule has 3 aromatic rings. The molecular formula is C23H21N+2. The van der Waals surface area contributed by atoms with Gasteiger partial charge in [-0.05, 0) is 32.9 Å². The summed E-state index contributed by atoms with van der Waals surface area (Å²) in [6, 6.07) is 17.1. The normalized spacial score (nSPS) is 15.0. The number of allylic oxidation sites excluding steroid dienone is 4. The Balaban J connectivity index is 2.36. The Morgan fingerprint density at radius 2 is 1.42 bits per heavy atom. The zero-order chi connectivity index (χ0) is 16.8. The van der Waals surface area contributed by atoms with Crippen molar-refractivity contribution in [1.82, 2.24) is 0 Å². The average Bonchev–Trinajstić information content (AvgIpc) is 2.57. The molecule has 0 amide bonds. The highest BCUT2D eigenvalue weighted by atomic mass is 14.8. The third-order valence-electron chi connectivity index (χ3n) is 4.86. The summed E-state index contributed by atoms with van der Waals surface area (Å²) in [5, 5.41) is 3.82. The minimum Gasteiger partial charge on any atom is -0.165 e. The Morgan fingerprint density at radius 1 is 0.875 bits per heavy atom. The average molecular weight is 311 g/mol. The van der Waals surface area contributed by atoms with Crippen LogP contribution >= 0.6 is 0 Å². The SMILES string of the molecule is C=[n+]1c2ccccc2c(=C2C(C)=CC(C)=C[C+]2C)c2ccccc21. The number of fused-ring (bicyclic) bond motifs is 2. The van der Waals surface area contributed by atoms with Crippen LogP contribution in [0.25, 0.3) is 27.4 Å². The Labute approximate surface area is 142 Å². The summed E-state index contributed by atoms with van der Waals surface area (Å²) in [5.74, 6) is 1.32. The van der Waals surface area contributed by atoms with Crippen molar-refractivity contribution in [2.45, 2.75) is 20.8 Å². The molecule has 0 N–H and O–H groups in total. The van der Waals surface area contributed by atoms with Crippen LogP contribution in [0.1, 0.15) is 20.8 Å². The molecule has 116 valence electrons. The molecule has 1 aromatic heterocycles. The van der Waals surface area contributed by atoms with E-state index in [0.29, 0.717) is 0 Å². The first-order valence-electron chi connectivity index (χ1n) is 8.32. The second kappa shape index (κ2) is 5.38. The van der Waals surface area contributed by atoms with Gasteiger partial charge in [0.15, 0.2) is 0 Å². The topological polar surface area (TPSA) is 5.90 Å². The van der Waals surface area contributed by atoms with E-state index in [1.54, 1.807) is 0 Å². The molecule has 0 unspecified atom stereocenters. The van der Waals surface area contributed by atoms with Crippen LogP contribution in [0.2, 0.25) is 0 Å². The fourth-order valence-electron chi connectivity index (χ4n) is 3.96. The van der Waals surface area contributed by atoms with Gasteiger partial charge >= 0.3 is 0 Å². The molecular weight excluding hydrogens is 290 g/mol. The van der Waals surface area contributed by atoms with Crippen LogP contribution in [0.4, 0.5) is 0 Å². The highest BCUT2D eigenvalue weighted by Gasteiger charge is 2.26. The molecule has 0 fully saturated rings. The summed E-state index contributed by atoms with van der Waals surface area (Å²) in [7, 11) is 0. The lowest BCUT2D eigenvalue weighted by Gasteiger charge is -2.12. The molecule has 1 aliphatic rings. The lowest BCUT2D eigenvalue weighted by molar-refractivity contribution is -0.436. The lowest BCUT2D eigenvalue weighted by atomic mass is 9.84. The first kappa shape index (κ1) is 14.8. The van der Waals surface area contributed by atoms with Crippen LogP contribution in [0.15, 0.2) is 71.8 Å². The summed E-state index contributed by atoms with van der Waals surface area (Å²) < 4.78 is 2.05. The minimum atomic E-state index is 1.16. The number of nitrogens with zero attached hydrogens (tertiary/aromatic N) is 1. The molecule has 0 bridgehead atoms. The van der Waals surface area contributed by atoms with Crippen LogP contribution in [0, 0.1) is 12.6 Å². The molecule has 0 spiro atoms. The largest absolute Gasteiger partial charge is 0.228 e. The monoisotopic (exact) mass is 311 g/mol. The van der Waals surface area contributed by atoms with Gasteiger partial charge in [0, 0.05) is 41.3 Å². The molecule has 0 saturated heterocycles. The number of pyridine rings is 1.